The average Bonchev–Trinajstić information content (AvgIpc) is 3.55. The molecule has 1 saturated carbocycles. The van der Waals surface area contributed by atoms with E-state index in [2.05, 4.69) is 25.1 Å². The lowest BCUT2D eigenvalue weighted by molar-refractivity contribution is -0.342. The van der Waals surface area contributed by atoms with E-state index < -0.39 is 77.6 Å². The van der Waals surface area contributed by atoms with Crippen molar-refractivity contribution in [2.75, 3.05) is 13.7 Å². The van der Waals surface area contributed by atoms with Crippen LogP contribution in [0.2, 0.25) is 0 Å². The zero-order valence-electron chi connectivity index (χ0n) is 37.8. The Morgan fingerprint density at radius 3 is 2.49 bits per heavy atom. The SMILES string of the molecule is COC1CC(OC2/C(C)=C/CC3CC(CC4(CCC(C)C(C5CCCCC5)O4)O3)OC(=O)C3C=C(C)/C(=N\OC(=O)C(C)(C)C)C4OC/C(=C\C=C\C2C)C34O)OC(C)C1O. The van der Waals surface area contributed by atoms with Crippen molar-refractivity contribution in [2.24, 2.45) is 34.2 Å². The standard InChI is InChI=1S/C48H71NO12/c1-27-14-13-17-33-26-55-43-39(49-61-45(52)46(6,7)8)30(4)22-36(48(33,43)53)44(51)57-35-23-34(19-18-28(2)41(27)58-38-24-37(54-9)40(50)31(5)56-38)59-47(25-35)21-20-29(3)42(60-47)32-15-11-10-12-16-32/h13-14,17-18,22,27,29,31-32,34-38,40-43,50,53H,10-12,15-16,19-21,23-26H2,1-9H3/b14-13+,28-18+,33-17+,49-39+. The van der Waals surface area contributed by atoms with Gasteiger partial charge in [0.15, 0.2) is 12.1 Å². The van der Waals surface area contributed by atoms with Crippen LogP contribution in [0.15, 0.2) is 52.3 Å². The lowest BCUT2D eigenvalue weighted by atomic mass is 9.71. The van der Waals surface area contributed by atoms with Gasteiger partial charge in [-0.3, -0.25) is 4.79 Å². The zero-order valence-corrected chi connectivity index (χ0v) is 37.8. The summed E-state index contributed by atoms with van der Waals surface area (Å²) in [6.07, 6.45) is 14.0. The Balaban J connectivity index is 1.26. The molecule has 5 fully saturated rings. The van der Waals surface area contributed by atoms with Crippen LogP contribution in [-0.4, -0.2) is 108 Å². The first-order valence-corrected chi connectivity index (χ1v) is 22.9. The highest BCUT2D eigenvalue weighted by atomic mass is 16.7. The lowest BCUT2D eigenvalue weighted by Gasteiger charge is -2.51. The first kappa shape index (κ1) is 46.2. The highest BCUT2D eigenvalue weighted by molar-refractivity contribution is 6.07. The number of rotatable bonds is 5. The number of aliphatic hydroxyl groups is 2. The fraction of sp³-hybridized carbons (Fsp3) is 0.771. The molecule has 0 aromatic heterocycles. The Hall–Kier alpha value is -2.75. The van der Waals surface area contributed by atoms with Gasteiger partial charge >= 0.3 is 11.9 Å². The maximum Gasteiger partial charge on any atom is 0.340 e. The Bertz CT molecular complexity index is 1760. The summed E-state index contributed by atoms with van der Waals surface area (Å²) in [6, 6.07) is 0. The number of esters is 1. The second kappa shape index (κ2) is 18.8. The summed E-state index contributed by atoms with van der Waals surface area (Å²) in [7, 11) is 1.58. The van der Waals surface area contributed by atoms with Crippen molar-refractivity contribution in [1.82, 2.24) is 0 Å². The summed E-state index contributed by atoms with van der Waals surface area (Å²) in [5.41, 5.74) is -0.498. The summed E-state index contributed by atoms with van der Waals surface area (Å²) in [4.78, 5) is 32.9. The van der Waals surface area contributed by atoms with Crippen LogP contribution < -0.4 is 0 Å². The van der Waals surface area contributed by atoms with Gasteiger partial charge in [-0.05, 0) is 95.8 Å². The molecular weight excluding hydrogens is 783 g/mol. The number of ether oxygens (including phenoxy) is 7. The molecule has 0 aromatic carbocycles. The quantitative estimate of drug-likeness (QED) is 0.124. The minimum Gasteiger partial charge on any atom is -0.462 e. The third kappa shape index (κ3) is 9.84. The number of carbonyl (C=O) groups excluding carboxylic acids is 2. The van der Waals surface area contributed by atoms with E-state index in [1.54, 1.807) is 47.0 Å². The number of fused-ring (bicyclic) bond motifs is 2. The van der Waals surface area contributed by atoms with E-state index in [0.29, 0.717) is 55.1 Å². The van der Waals surface area contributed by atoms with Gasteiger partial charge in [0.25, 0.3) is 0 Å². The molecule has 7 rings (SSSR count). The van der Waals surface area contributed by atoms with Crippen LogP contribution in [0.4, 0.5) is 0 Å². The Kier molecular flexibility index (Phi) is 14.2. The van der Waals surface area contributed by atoms with Gasteiger partial charge in [0, 0.05) is 38.7 Å². The first-order valence-electron chi connectivity index (χ1n) is 22.9. The van der Waals surface area contributed by atoms with Gasteiger partial charge in [0.1, 0.15) is 35.5 Å². The summed E-state index contributed by atoms with van der Waals surface area (Å²) < 4.78 is 45.6. The van der Waals surface area contributed by atoms with E-state index in [9.17, 15) is 19.8 Å². The highest BCUT2D eigenvalue weighted by Gasteiger charge is 2.60. The molecule has 14 unspecified atom stereocenters. The lowest BCUT2D eigenvalue weighted by Crippen LogP contribution is -2.58. The van der Waals surface area contributed by atoms with Gasteiger partial charge in [-0.25, -0.2) is 4.79 Å². The van der Waals surface area contributed by atoms with Crippen LogP contribution >= 0.6 is 0 Å². The third-order valence-electron chi connectivity index (χ3n) is 14.3. The van der Waals surface area contributed by atoms with Gasteiger partial charge < -0.3 is 48.2 Å². The largest absolute Gasteiger partial charge is 0.462 e. The molecular formula is C48H71NO12. The average molecular weight is 854 g/mol. The number of carbonyl (C=O) groups is 2. The Labute approximate surface area is 362 Å². The molecule has 5 heterocycles. The zero-order chi connectivity index (χ0) is 43.9. The number of nitrogens with zero attached hydrogens (tertiary/aromatic N) is 1. The maximum absolute atomic E-state index is 14.7. The number of hydrogen-bond acceptors (Lipinski definition) is 13. The van der Waals surface area contributed by atoms with E-state index in [0.717, 1.165) is 24.8 Å². The van der Waals surface area contributed by atoms with Gasteiger partial charge in [-0.1, -0.05) is 68.6 Å². The predicted molar refractivity (Wildman–Crippen MR) is 227 cm³/mol. The monoisotopic (exact) mass is 853 g/mol. The predicted octanol–water partition coefficient (Wildman–Crippen LogP) is 7.18. The number of aliphatic hydroxyl groups excluding tert-OH is 1. The van der Waals surface area contributed by atoms with E-state index in [1.807, 2.05) is 26.0 Å². The second-order valence-corrected chi connectivity index (χ2v) is 20.0. The molecule has 5 aliphatic heterocycles. The van der Waals surface area contributed by atoms with Gasteiger partial charge in [0.2, 0.25) is 0 Å². The molecule has 61 heavy (non-hydrogen) atoms. The fourth-order valence-corrected chi connectivity index (χ4v) is 10.6. The summed E-state index contributed by atoms with van der Waals surface area (Å²) in [6.45, 7) is 15.2. The number of hydrogen-bond donors (Lipinski definition) is 2. The molecule has 2 aliphatic carbocycles. The smallest absolute Gasteiger partial charge is 0.340 e. The van der Waals surface area contributed by atoms with Gasteiger partial charge in [-0.2, -0.15) is 0 Å². The van der Waals surface area contributed by atoms with E-state index in [-0.39, 0.29) is 30.4 Å². The first-order chi connectivity index (χ1) is 28.9. The van der Waals surface area contributed by atoms with Crippen LogP contribution in [0, 0.1) is 29.1 Å². The maximum atomic E-state index is 14.7. The molecule has 14 atom stereocenters. The normalized spacial score (nSPS) is 44.5. The Morgan fingerprint density at radius 2 is 1.77 bits per heavy atom. The topological polar surface area (TPSA) is 161 Å². The van der Waals surface area contributed by atoms with Crippen molar-refractivity contribution in [3.8, 4) is 0 Å². The van der Waals surface area contributed by atoms with Gasteiger partial charge in [0.05, 0.1) is 42.5 Å². The molecule has 0 radical (unpaired) electrons. The van der Waals surface area contributed by atoms with Crippen LogP contribution in [0.1, 0.15) is 126 Å². The van der Waals surface area contributed by atoms with Crippen LogP contribution in [-0.2, 0) is 47.6 Å². The van der Waals surface area contributed by atoms with E-state index in [1.165, 1.54) is 19.3 Å². The third-order valence-corrected chi connectivity index (χ3v) is 14.3. The Morgan fingerprint density at radius 1 is 1.02 bits per heavy atom. The molecule has 13 heteroatoms. The van der Waals surface area contributed by atoms with Crippen molar-refractivity contribution < 1.29 is 57.8 Å². The molecule has 2 bridgehead atoms. The molecule has 340 valence electrons. The molecule has 13 nitrogen and oxygen atoms in total. The van der Waals surface area contributed by atoms with Crippen molar-refractivity contribution >= 4 is 17.7 Å². The summed E-state index contributed by atoms with van der Waals surface area (Å²) in [5.74, 6) is -2.53. The number of methoxy groups -OCH3 is 1. The minimum atomic E-state index is -1.90. The molecule has 0 aromatic rings. The summed E-state index contributed by atoms with van der Waals surface area (Å²) >= 11 is 0. The van der Waals surface area contributed by atoms with E-state index >= 15 is 0 Å². The van der Waals surface area contributed by atoms with Crippen molar-refractivity contribution in [1.29, 1.82) is 0 Å². The van der Waals surface area contributed by atoms with Crippen LogP contribution in [0.5, 0.6) is 0 Å². The van der Waals surface area contributed by atoms with Crippen LogP contribution in [0.25, 0.3) is 0 Å². The second-order valence-electron chi connectivity index (χ2n) is 20.0. The minimum absolute atomic E-state index is 0.00144. The molecule has 1 spiro atoms. The molecule has 4 saturated heterocycles. The number of allylic oxidation sites excluding steroid dienone is 2. The number of oxime groups is 1. The summed E-state index contributed by atoms with van der Waals surface area (Å²) in [5, 5.41) is 27.8. The molecule has 2 N–H and O–H groups in total. The van der Waals surface area contributed by atoms with Gasteiger partial charge in [-0.15, -0.1) is 0 Å². The van der Waals surface area contributed by atoms with Crippen molar-refractivity contribution in [3.05, 3.63) is 47.1 Å². The van der Waals surface area contributed by atoms with Crippen LogP contribution in [0.3, 0.4) is 0 Å². The van der Waals surface area contributed by atoms with Crippen molar-refractivity contribution in [3.63, 3.8) is 0 Å². The molecule has 0 amide bonds. The molecule has 7 aliphatic rings. The van der Waals surface area contributed by atoms with Crippen molar-refractivity contribution in [2.45, 2.75) is 193 Å². The van der Waals surface area contributed by atoms with E-state index in [4.69, 9.17) is 38.0 Å². The fourth-order valence-electron chi connectivity index (χ4n) is 10.6. The highest BCUT2D eigenvalue weighted by Crippen LogP contribution is 2.48.